The fraction of sp³-hybridized carbons (Fsp3) is 0.263. The highest BCUT2D eigenvalue weighted by molar-refractivity contribution is 5.93. The fourth-order valence-electron chi connectivity index (χ4n) is 2.36. The number of carbonyl (C=O) groups is 2. The van der Waals surface area contributed by atoms with Crippen LogP contribution in [0.4, 0.5) is 25.8 Å². The van der Waals surface area contributed by atoms with Crippen LogP contribution in [0, 0.1) is 11.6 Å². The van der Waals surface area contributed by atoms with Gasteiger partial charge in [-0.15, -0.1) is 0 Å². The smallest absolute Gasteiger partial charge is 0.224 e. The molecule has 0 aliphatic rings. The van der Waals surface area contributed by atoms with Crippen LogP contribution >= 0.6 is 0 Å². The van der Waals surface area contributed by atoms with E-state index in [1.54, 1.807) is 0 Å². The summed E-state index contributed by atoms with van der Waals surface area (Å²) in [6, 6.07) is 9.35. The number of hydrogen-bond acceptors (Lipinski definition) is 3. The molecule has 2 aromatic carbocycles. The molecule has 0 fully saturated rings. The number of halogens is 2. The van der Waals surface area contributed by atoms with E-state index in [2.05, 4.69) is 10.6 Å². The molecule has 0 radical (unpaired) electrons. The Balaban J connectivity index is 1.61. The maximum Gasteiger partial charge on any atom is 0.224 e. The van der Waals surface area contributed by atoms with Crippen molar-refractivity contribution in [1.82, 2.24) is 0 Å². The molecule has 5 nitrogen and oxygen atoms in total. The van der Waals surface area contributed by atoms with E-state index in [-0.39, 0.29) is 29.7 Å². The summed E-state index contributed by atoms with van der Waals surface area (Å²) < 4.78 is 25.7. The second kappa shape index (κ2) is 9.50. The number of nitrogens with one attached hydrogen (secondary N) is 2. The summed E-state index contributed by atoms with van der Waals surface area (Å²) in [6.45, 7) is 0. The van der Waals surface area contributed by atoms with Crippen LogP contribution in [0.15, 0.2) is 42.5 Å². The number of unbranched alkanes of at least 4 members (excludes halogenated alkanes) is 2. The van der Waals surface area contributed by atoms with E-state index in [1.807, 2.05) is 0 Å². The van der Waals surface area contributed by atoms with Crippen LogP contribution in [0.2, 0.25) is 0 Å². The van der Waals surface area contributed by atoms with Gasteiger partial charge in [-0.1, -0.05) is 6.42 Å². The van der Waals surface area contributed by atoms with Crippen molar-refractivity contribution in [2.75, 3.05) is 16.4 Å². The number of amides is 2. The number of hydrogen-bond donors (Lipinski definition) is 3. The minimum absolute atomic E-state index is 0.153. The lowest BCUT2D eigenvalue weighted by Crippen LogP contribution is -2.13. The number of nitrogens with two attached hydrogens (primary N) is 1. The van der Waals surface area contributed by atoms with Crippen LogP contribution in [0.1, 0.15) is 32.1 Å². The summed E-state index contributed by atoms with van der Waals surface area (Å²) in [5.74, 6) is -1.18. The first-order valence-electron chi connectivity index (χ1n) is 8.34. The number of rotatable bonds is 8. The van der Waals surface area contributed by atoms with Gasteiger partial charge in [0.25, 0.3) is 0 Å². The Morgan fingerprint density at radius 3 is 2.00 bits per heavy atom. The third-order valence-electron chi connectivity index (χ3n) is 3.72. The van der Waals surface area contributed by atoms with Gasteiger partial charge in [-0.25, -0.2) is 8.78 Å². The van der Waals surface area contributed by atoms with Crippen molar-refractivity contribution in [2.45, 2.75) is 32.1 Å². The Hall–Kier alpha value is -2.96. The van der Waals surface area contributed by atoms with Gasteiger partial charge >= 0.3 is 0 Å². The van der Waals surface area contributed by atoms with Gasteiger partial charge in [0.15, 0.2) is 0 Å². The molecule has 0 spiro atoms. The zero-order valence-corrected chi connectivity index (χ0v) is 14.2. The van der Waals surface area contributed by atoms with E-state index in [0.717, 1.165) is 6.07 Å². The normalized spacial score (nSPS) is 10.4. The Morgan fingerprint density at radius 2 is 1.38 bits per heavy atom. The molecule has 4 N–H and O–H groups in total. The van der Waals surface area contributed by atoms with Gasteiger partial charge in [-0.2, -0.15) is 0 Å². The number of nitrogen functional groups attached to an aromatic ring is 1. The number of anilines is 3. The Bertz CT molecular complexity index is 764. The second-order valence-electron chi connectivity index (χ2n) is 5.90. The Labute approximate surface area is 150 Å². The molecule has 138 valence electrons. The zero-order chi connectivity index (χ0) is 18.9. The lowest BCUT2D eigenvalue weighted by Gasteiger charge is -2.08. The van der Waals surface area contributed by atoms with E-state index in [9.17, 15) is 18.4 Å². The summed E-state index contributed by atoms with van der Waals surface area (Å²) in [4.78, 5) is 23.6. The predicted octanol–water partition coefficient (Wildman–Crippen LogP) is 4.07. The minimum atomic E-state index is -0.459. The molecule has 0 bridgehead atoms. The molecule has 2 rings (SSSR count). The Kier molecular flexibility index (Phi) is 7.08. The van der Waals surface area contributed by atoms with Crippen molar-refractivity contribution >= 4 is 28.9 Å². The van der Waals surface area contributed by atoms with Crippen molar-refractivity contribution < 1.29 is 18.4 Å². The largest absolute Gasteiger partial charge is 0.397 e. The van der Waals surface area contributed by atoms with Gasteiger partial charge in [-0.3, -0.25) is 9.59 Å². The molecule has 2 aromatic rings. The van der Waals surface area contributed by atoms with Gasteiger partial charge in [0.1, 0.15) is 11.6 Å². The average molecular weight is 361 g/mol. The molecule has 0 aliphatic heterocycles. The van der Waals surface area contributed by atoms with Gasteiger partial charge in [0, 0.05) is 18.5 Å². The van der Waals surface area contributed by atoms with Crippen LogP contribution in [-0.2, 0) is 9.59 Å². The van der Waals surface area contributed by atoms with Crippen LogP contribution in [0.25, 0.3) is 0 Å². The maximum absolute atomic E-state index is 13.0. The van der Waals surface area contributed by atoms with Crippen molar-refractivity contribution in [2.24, 2.45) is 0 Å². The monoisotopic (exact) mass is 361 g/mol. The number of benzene rings is 2. The second-order valence-corrected chi connectivity index (χ2v) is 5.90. The van der Waals surface area contributed by atoms with Crippen LogP contribution in [-0.4, -0.2) is 11.8 Å². The third-order valence-corrected chi connectivity index (χ3v) is 3.72. The molecule has 0 heterocycles. The third kappa shape index (κ3) is 6.51. The van der Waals surface area contributed by atoms with Gasteiger partial charge in [-0.05, 0) is 55.3 Å². The first-order chi connectivity index (χ1) is 12.4. The van der Waals surface area contributed by atoms with Crippen LogP contribution in [0.3, 0.4) is 0 Å². The summed E-state index contributed by atoms with van der Waals surface area (Å²) >= 11 is 0. The topological polar surface area (TPSA) is 84.2 Å². The summed E-state index contributed by atoms with van der Waals surface area (Å²) in [5.41, 5.74) is 6.74. The fourth-order valence-corrected chi connectivity index (χ4v) is 2.36. The van der Waals surface area contributed by atoms with E-state index in [4.69, 9.17) is 5.73 Å². The van der Waals surface area contributed by atoms with E-state index < -0.39 is 5.82 Å². The quantitative estimate of drug-likeness (QED) is 0.489. The van der Waals surface area contributed by atoms with Crippen molar-refractivity contribution in [1.29, 1.82) is 0 Å². The molecule has 0 atom stereocenters. The standard InChI is InChI=1S/C19H21F2N3O2/c20-13-6-9-15(10-7-13)23-18(25)4-2-1-3-5-19(26)24-17-11-8-14(21)12-16(17)22/h6-12H,1-5,22H2,(H,23,25)(H,24,26). The zero-order valence-electron chi connectivity index (χ0n) is 14.2. The highest BCUT2D eigenvalue weighted by atomic mass is 19.1. The molecule has 7 heteroatoms. The molecule has 2 amide bonds. The summed E-state index contributed by atoms with van der Waals surface area (Å²) in [7, 11) is 0. The highest BCUT2D eigenvalue weighted by Crippen LogP contribution is 2.19. The predicted molar refractivity (Wildman–Crippen MR) is 97.6 cm³/mol. The molecular weight excluding hydrogens is 340 g/mol. The van der Waals surface area contributed by atoms with Crippen molar-refractivity contribution in [3.8, 4) is 0 Å². The first kappa shape index (κ1) is 19.4. The first-order valence-corrected chi connectivity index (χ1v) is 8.34. The van der Waals surface area contributed by atoms with Crippen molar-refractivity contribution in [3.05, 3.63) is 54.1 Å². The minimum Gasteiger partial charge on any atom is -0.397 e. The highest BCUT2D eigenvalue weighted by Gasteiger charge is 2.07. The van der Waals surface area contributed by atoms with E-state index in [1.165, 1.54) is 36.4 Å². The molecule has 0 aromatic heterocycles. The van der Waals surface area contributed by atoms with Crippen LogP contribution < -0.4 is 16.4 Å². The average Bonchev–Trinajstić information content (AvgIpc) is 2.59. The van der Waals surface area contributed by atoms with Crippen LogP contribution in [0.5, 0.6) is 0 Å². The molecule has 0 unspecified atom stereocenters. The lowest BCUT2D eigenvalue weighted by molar-refractivity contribution is -0.116. The molecular formula is C19H21F2N3O2. The molecule has 26 heavy (non-hydrogen) atoms. The van der Waals surface area contributed by atoms with E-state index >= 15 is 0 Å². The maximum atomic E-state index is 13.0. The molecule has 0 saturated heterocycles. The summed E-state index contributed by atoms with van der Waals surface area (Å²) in [5, 5.41) is 5.32. The van der Waals surface area contributed by atoms with Gasteiger partial charge in [0.2, 0.25) is 11.8 Å². The lowest BCUT2D eigenvalue weighted by atomic mass is 10.1. The number of carbonyl (C=O) groups excluding carboxylic acids is 2. The van der Waals surface area contributed by atoms with E-state index in [0.29, 0.717) is 37.1 Å². The molecule has 0 saturated carbocycles. The summed E-state index contributed by atoms with van der Waals surface area (Å²) in [6.07, 6.45) is 2.58. The molecule has 0 aliphatic carbocycles. The Morgan fingerprint density at radius 1 is 0.808 bits per heavy atom. The SMILES string of the molecule is Nc1cc(F)ccc1NC(=O)CCCCCC(=O)Nc1ccc(F)cc1. The van der Waals surface area contributed by atoms with Gasteiger partial charge in [0.05, 0.1) is 11.4 Å². The van der Waals surface area contributed by atoms with Gasteiger partial charge < -0.3 is 16.4 Å². The van der Waals surface area contributed by atoms with Crippen molar-refractivity contribution in [3.63, 3.8) is 0 Å².